The Morgan fingerprint density at radius 3 is 2.82 bits per heavy atom. The Balaban J connectivity index is 2.08. The molecule has 106 valence electrons. The van der Waals surface area contributed by atoms with E-state index in [1.54, 1.807) is 23.1 Å². The third kappa shape index (κ3) is 2.32. The van der Waals surface area contributed by atoms with Gasteiger partial charge in [0.05, 0.1) is 17.8 Å². The zero-order chi connectivity index (χ0) is 15.5. The van der Waals surface area contributed by atoms with E-state index in [1.807, 2.05) is 19.1 Å². The molecule has 0 aliphatic heterocycles. The molecule has 3 aromatic rings. The molecule has 0 unspecified atom stereocenters. The Morgan fingerprint density at radius 1 is 1.18 bits per heavy atom. The first-order valence-corrected chi connectivity index (χ1v) is 6.54. The highest BCUT2D eigenvalue weighted by Gasteiger charge is 2.10. The third-order valence-corrected chi connectivity index (χ3v) is 3.20. The van der Waals surface area contributed by atoms with Crippen LogP contribution < -0.4 is 5.32 Å². The number of hydrogen-bond acceptors (Lipinski definition) is 6. The molecule has 0 aliphatic carbocycles. The number of aromatic nitrogens is 4. The summed E-state index contributed by atoms with van der Waals surface area (Å²) in [4.78, 5) is 8.62. The average molecular weight is 289 g/mol. The van der Waals surface area contributed by atoms with Crippen molar-refractivity contribution < 1.29 is 0 Å². The second-order valence-electron chi connectivity index (χ2n) is 4.67. The molecule has 0 saturated heterocycles. The highest BCUT2D eigenvalue weighted by molar-refractivity contribution is 5.77. The lowest BCUT2D eigenvalue weighted by Crippen LogP contribution is -2.05. The van der Waals surface area contributed by atoms with Crippen LogP contribution in [0.2, 0.25) is 0 Å². The van der Waals surface area contributed by atoms with Gasteiger partial charge in [-0.25, -0.2) is 9.97 Å². The van der Waals surface area contributed by atoms with Gasteiger partial charge in [-0.15, -0.1) is 0 Å². The molecule has 0 saturated carbocycles. The summed E-state index contributed by atoms with van der Waals surface area (Å²) < 4.78 is 1.60. The van der Waals surface area contributed by atoms with Gasteiger partial charge in [0.1, 0.15) is 12.6 Å². The van der Waals surface area contributed by atoms with Gasteiger partial charge in [0.25, 0.3) is 0 Å². The van der Waals surface area contributed by atoms with Gasteiger partial charge < -0.3 is 5.32 Å². The van der Waals surface area contributed by atoms with Gasteiger partial charge in [0.2, 0.25) is 0 Å². The van der Waals surface area contributed by atoms with E-state index in [9.17, 15) is 0 Å². The molecule has 0 amide bonds. The van der Waals surface area contributed by atoms with Crippen molar-refractivity contribution in [3.8, 4) is 18.0 Å². The van der Waals surface area contributed by atoms with E-state index < -0.39 is 0 Å². The SMILES string of the molecule is Cc1cnc(-n2ncc3cc(C#N)cnc32)cc1NCC#N. The molecule has 0 atom stereocenters. The van der Waals surface area contributed by atoms with Crippen molar-refractivity contribution in [2.45, 2.75) is 6.92 Å². The van der Waals surface area contributed by atoms with Crippen LogP contribution in [0, 0.1) is 29.6 Å². The summed E-state index contributed by atoms with van der Waals surface area (Å²) in [7, 11) is 0. The molecule has 0 radical (unpaired) electrons. The minimum Gasteiger partial charge on any atom is -0.372 e. The van der Waals surface area contributed by atoms with Crippen molar-refractivity contribution in [2.75, 3.05) is 11.9 Å². The molecular weight excluding hydrogens is 278 g/mol. The van der Waals surface area contributed by atoms with Crippen LogP contribution in [0.25, 0.3) is 16.9 Å². The summed E-state index contributed by atoms with van der Waals surface area (Å²) >= 11 is 0. The van der Waals surface area contributed by atoms with Crippen LogP contribution in [0.15, 0.2) is 30.7 Å². The molecule has 0 spiro atoms. The summed E-state index contributed by atoms with van der Waals surface area (Å²) in [5.41, 5.74) is 2.88. The molecule has 22 heavy (non-hydrogen) atoms. The Hall–Kier alpha value is -3.45. The molecule has 7 heteroatoms. The van der Waals surface area contributed by atoms with Crippen molar-refractivity contribution >= 4 is 16.7 Å². The first kappa shape index (κ1) is 13.5. The largest absolute Gasteiger partial charge is 0.372 e. The van der Waals surface area contributed by atoms with Gasteiger partial charge >= 0.3 is 0 Å². The van der Waals surface area contributed by atoms with Gasteiger partial charge in [0.15, 0.2) is 11.5 Å². The first-order chi connectivity index (χ1) is 10.7. The molecule has 3 heterocycles. The van der Waals surface area contributed by atoms with E-state index in [2.05, 4.69) is 26.5 Å². The predicted molar refractivity (Wildman–Crippen MR) is 80.2 cm³/mol. The van der Waals surface area contributed by atoms with Crippen molar-refractivity contribution in [2.24, 2.45) is 0 Å². The maximum Gasteiger partial charge on any atom is 0.164 e. The van der Waals surface area contributed by atoms with Crippen LogP contribution in [-0.4, -0.2) is 26.3 Å². The Labute approximate surface area is 126 Å². The van der Waals surface area contributed by atoms with E-state index in [0.717, 1.165) is 16.6 Å². The second-order valence-corrected chi connectivity index (χ2v) is 4.67. The zero-order valence-corrected chi connectivity index (χ0v) is 11.8. The van der Waals surface area contributed by atoms with E-state index in [4.69, 9.17) is 10.5 Å². The lowest BCUT2D eigenvalue weighted by Gasteiger charge is -2.09. The van der Waals surface area contributed by atoms with E-state index in [0.29, 0.717) is 17.0 Å². The minimum atomic E-state index is 0.216. The number of fused-ring (bicyclic) bond motifs is 1. The lowest BCUT2D eigenvalue weighted by molar-refractivity contribution is 0.861. The minimum absolute atomic E-state index is 0.216. The normalized spacial score (nSPS) is 10.1. The smallest absolute Gasteiger partial charge is 0.164 e. The summed E-state index contributed by atoms with van der Waals surface area (Å²) in [6.07, 6.45) is 4.86. The number of nitrogens with one attached hydrogen (secondary N) is 1. The van der Waals surface area contributed by atoms with Crippen LogP contribution in [0.3, 0.4) is 0 Å². The monoisotopic (exact) mass is 289 g/mol. The highest BCUT2D eigenvalue weighted by atomic mass is 15.3. The molecule has 0 aromatic carbocycles. The Bertz CT molecular complexity index is 927. The maximum atomic E-state index is 8.91. The van der Waals surface area contributed by atoms with Crippen LogP contribution >= 0.6 is 0 Å². The highest BCUT2D eigenvalue weighted by Crippen LogP contribution is 2.20. The molecule has 0 aliphatic rings. The number of nitrogens with zero attached hydrogens (tertiary/aromatic N) is 6. The number of rotatable bonds is 3. The van der Waals surface area contributed by atoms with Crippen molar-refractivity contribution in [3.05, 3.63) is 41.9 Å². The summed E-state index contributed by atoms with van der Waals surface area (Å²) in [6.45, 7) is 2.13. The fourth-order valence-corrected chi connectivity index (χ4v) is 2.10. The van der Waals surface area contributed by atoms with Gasteiger partial charge in [-0.2, -0.15) is 20.3 Å². The van der Waals surface area contributed by atoms with Crippen molar-refractivity contribution in [3.63, 3.8) is 0 Å². The maximum absolute atomic E-state index is 8.91. The van der Waals surface area contributed by atoms with Crippen molar-refractivity contribution in [1.82, 2.24) is 19.7 Å². The lowest BCUT2D eigenvalue weighted by atomic mass is 10.2. The standard InChI is InChI=1S/C15H11N7/c1-10-7-19-14(5-13(10)18-3-2-16)22-15-12(9-21-22)4-11(6-17)8-20-15/h4-5,7-9H,3H2,1H3,(H,18,19). The van der Waals surface area contributed by atoms with E-state index in [1.165, 1.54) is 6.20 Å². The number of hydrogen-bond donors (Lipinski definition) is 1. The van der Waals surface area contributed by atoms with Crippen LogP contribution in [0.5, 0.6) is 0 Å². The number of aryl methyl sites for hydroxylation is 1. The Kier molecular flexibility index (Phi) is 3.39. The average Bonchev–Trinajstić information content (AvgIpc) is 2.97. The molecule has 3 rings (SSSR count). The van der Waals surface area contributed by atoms with Gasteiger partial charge in [0, 0.05) is 29.5 Å². The summed E-state index contributed by atoms with van der Waals surface area (Å²) in [6, 6.07) is 7.64. The van der Waals surface area contributed by atoms with Gasteiger partial charge in [-0.05, 0) is 18.6 Å². The van der Waals surface area contributed by atoms with E-state index >= 15 is 0 Å². The number of anilines is 1. The molecule has 0 bridgehead atoms. The third-order valence-electron chi connectivity index (χ3n) is 3.20. The van der Waals surface area contributed by atoms with Gasteiger partial charge in [-0.3, -0.25) is 0 Å². The molecule has 3 aromatic heterocycles. The number of pyridine rings is 2. The fourth-order valence-electron chi connectivity index (χ4n) is 2.10. The van der Waals surface area contributed by atoms with Crippen LogP contribution in [-0.2, 0) is 0 Å². The number of nitriles is 2. The molecule has 0 fully saturated rings. The Morgan fingerprint density at radius 2 is 2.05 bits per heavy atom. The van der Waals surface area contributed by atoms with Gasteiger partial charge in [-0.1, -0.05) is 0 Å². The van der Waals surface area contributed by atoms with E-state index in [-0.39, 0.29) is 6.54 Å². The predicted octanol–water partition coefficient (Wildman–Crippen LogP) is 1.93. The first-order valence-electron chi connectivity index (χ1n) is 6.54. The summed E-state index contributed by atoms with van der Waals surface area (Å²) in [5, 5.41) is 25.7. The van der Waals surface area contributed by atoms with Crippen LogP contribution in [0.1, 0.15) is 11.1 Å². The summed E-state index contributed by atoms with van der Waals surface area (Å²) in [5.74, 6) is 0.596. The second kappa shape index (κ2) is 5.51. The van der Waals surface area contributed by atoms with Crippen LogP contribution in [0.4, 0.5) is 5.69 Å². The quantitative estimate of drug-likeness (QED) is 0.739. The molecular formula is C15H11N7. The van der Waals surface area contributed by atoms with Crippen molar-refractivity contribution in [1.29, 1.82) is 10.5 Å². The topological polar surface area (TPSA) is 103 Å². The molecule has 1 N–H and O–H groups in total. The fraction of sp³-hybridized carbons (Fsp3) is 0.133. The zero-order valence-electron chi connectivity index (χ0n) is 11.8. The molecule has 7 nitrogen and oxygen atoms in total.